The Hall–Kier alpha value is -0.560. The van der Waals surface area contributed by atoms with Gasteiger partial charge in [0.2, 0.25) is 0 Å². The summed E-state index contributed by atoms with van der Waals surface area (Å²) in [4.78, 5) is 0. The molecule has 0 spiro atoms. The Bertz CT molecular complexity index is 265. The van der Waals surface area contributed by atoms with Crippen LogP contribution in [0.5, 0.6) is 0 Å². The van der Waals surface area contributed by atoms with Crippen LogP contribution < -0.4 is 0 Å². The average molecular weight is 236 g/mol. The number of unbranched alkanes of at least 4 members (excludes halogenated alkanes) is 5. The molecule has 0 bridgehead atoms. The van der Waals surface area contributed by atoms with E-state index in [1.54, 1.807) is 0 Å². The van der Waals surface area contributed by atoms with Crippen LogP contribution in [-0.2, 0) is 0 Å². The smallest absolute Gasteiger partial charge is 0.0522 e. The summed E-state index contributed by atoms with van der Waals surface area (Å²) in [5, 5.41) is 9.25. The third kappa shape index (κ3) is 5.54. The molecule has 0 heterocycles. The Morgan fingerprint density at radius 2 is 1.88 bits per heavy atom. The van der Waals surface area contributed by atoms with Crippen LogP contribution in [0.2, 0.25) is 0 Å². The molecule has 0 aliphatic heterocycles. The highest BCUT2D eigenvalue weighted by Crippen LogP contribution is 2.30. The summed E-state index contributed by atoms with van der Waals surface area (Å²) in [7, 11) is 0. The first kappa shape index (κ1) is 14.5. The number of hydrogen-bond donors (Lipinski definition) is 1. The molecule has 0 amide bonds. The van der Waals surface area contributed by atoms with Crippen molar-refractivity contribution in [1.29, 1.82) is 0 Å². The topological polar surface area (TPSA) is 20.2 Å². The van der Waals surface area contributed by atoms with Crippen molar-refractivity contribution >= 4 is 0 Å². The third-order valence-corrected chi connectivity index (χ3v) is 3.71. The van der Waals surface area contributed by atoms with Gasteiger partial charge in [0.15, 0.2) is 0 Å². The summed E-state index contributed by atoms with van der Waals surface area (Å²) in [5.74, 6) is 0. The van der Waals surface area contributed by atoms with Gasteiger partial charge in [-0.2, -0.15) is 0 Å². The van der Waals surface area contributed by atoms with E-state index in [2.05, 4.69) is 32.1 Å². The molecular weight excluding hydrogens is 208 g/mol. The fraction of sp³-hybridized carbons (Fsp3) is 0.750. The molecule has 0 fully saturated rings. The molecule has 17 heavy (non-hydrogen) atoms. The van der Waals surface area contributed by atoms with Crippen molar-refractivity contribution in [1.82, 2.24) is 0 Å². The van der Waals surface area contributed by atoms with Gasteiger partial charge in [0.25, 0.3) is 0 Å². The van der Waals surface area contributed by atoms with Crippen molar-refractivity contribution in [2.45, 2.75) is 65.2 Å². The Morgan fingerprint density at radius 3 is 2.47 bits per heavy atom. The number of hydrogen-bond acceptors (Lipinski definition) is 1. The summed E-state index contributed by atoms with van der Waals surface area (Å²) in [6.07, 6.45) is 17.1. The quantitative estimate of drug-likeness (QED) is 0.610. The normalized spacial score (nSPS) is 23.8. The molecule has 0 aromatic carbocycles. The van der Waals surface area contributed by atoms with Crippen LogP contribution in [0.25, 0.3) is 0 Å². The van der Waals surface area contributed by atoms with E-state index in [-0.39, 0.29) is 12.0 Å². The third-order valence-electron chi connectivity index (χ3n) is 3.71. The second kappa shape index (κ2) is 7.71. The molecule has 1 aliphatic rings. The van der Waals surface area contributed by atoms with E-state index >= 15 is 0 Å². The SMILES string of the molecule is CCCCCCCCC1=CCC(C)(CO)C=C1. The minimum atomic E-state index is -0.00930. The molecule has 1 N–H and O–H groups in total. The van der Waals surface area contributed by atoms with Gasteiger partial charge in [-0.05, 0) is 19.3 Å². The molecule has 98 valence electrons. The second-order valence-corrected chi connectivity index (χ2v) is 5.65. The maximum Gasteiger partial charge on any atom is 0.0522 e. The Kier molecular flexibility index (Phi) is 6.57. The highest BCUT2D eigenvalue weighted by atomic mass is 16.3. The standard InChI is InChI=1S/C16H28O/c1-3-4-5-6-7-8-9-15-10-12-16(2,14-17)13-11-15/h10-12,17H,3-9,13-14H2,1-2H3. The highest BCUT2D eigenvalue weighted by molar-refractivity contribution is 5.26. The molecule has 1 atom stereocenters. The zero-order valence-corrected chi connectivity index (χ0v) is 11.5. The van der Waals surface area contributed by atoms with Crippen molar-refractivity contribution in [2.24, 2.45) is 5.41 Å². The first-order valence-corrected chi connectivity index (χ1v) is 7.19. The molecule has 0 saturated heterocycles. The Morgan fingerprint density at radius 1 is 1.18 bits per heavy atom. The number of rotatable bonds is 8. The van der Waals surface area contributed by atoms with Crippen LogP contribution in [-0.4, -0.2) is 11.7 Å². The number of allylic oxidation sites excluding steroid dienone is 3. The Labute approximate surface area is 107 Å². The predicted molar refractivity (Wildman–Crippen MR) is 75.0 cm³/mol. The lowest BCUT2D eigenvalue weighted by atomic mass is 9.82. The molecule has 1 unspecified atom stereocenters. The lowest BCUT2D eigenvalue weighted by molar-refractivity contribution is 0.185. The summed E-state index contributed by atoms with van der Waals surface area (Å²) >= 11 is 0. The van der Waals surface area contributed by atoms with Gasteiger partial charge >= 0.3 is 0 Å². The summed E-state index contributed by atoms with van der Waals surface area (Å²) < 4.78 is 0. The van der Waals surface area contributed by atoms with Crippen molar-refractivity contribution in [3.05, 3.63) is 23.8 Å². The zero-order valence-electron chi connectivity index (χ0n) is 11.5. The van der Waals surface area contributed by atoms with Crippen molar-refractivity contribution in [2.75, 3.05) is 6.61 Å². The minimum absolute atomic E-state index is 0.00930. The van der Waals surface area contributed by atoms with Gasteiger partial charge < -0.3 is 5.11 Å². The van der Waals surface area contributed by atoms with Crippen molar-refractivity contribution in [3.63, 3.8) is 0 Å². The molecule has 0 radical (unpaired) electrons. The van der Waals surface area contributed by atoms with E-state index in [1.165, 1.54) is 50.5 Å². The first-order chi connectivity index (χ1) is 8.20. The fourth-order valence-corrected chi connectivity index (χ4v) is 2.22. The van der Waals surface area contributed by atoms with E-state index in [9.17, 15) is 5.11 Å². The molecule has 1 nitrogen and oxygen atoms in total. The van der Waals surface area contributed by atoms with Gasteiger partial charge in [0, 0.05) is 5.41 Å². The lowest BCUT2D eigenvalue weighted by Gasteiger charge is -2.25. The van der Waals surface area contributed by atoms with Crippen LogP contribution >= 0.6 is 0 Å². The maximum atomic E-state index is 9.25. The molecule has 0 aromatic rings. The van der Waals surface area contributed by atoms with E-state index in [1.807, 2.05) is 0 Å². The van der Waals surface area contributed by atoms with Gasteiger partial charge in [-0.25, -0.2) is 0 Å². The van der Waals surface area contributed by atoms with Gasteiger partial charge in [-0.15, -0.1) is 0 Å². The Balaban J connectivity index is 2.12. The molecule has 0 aromatic heterocycles. The van der Waals surface area contributed by atoms with Gasteiger partial charge in [0.05, 0.1) is 6.61 Å². The highest BCUT2D eigenvalue weighted by Gasteiger charge is 2.20. The van der Waals surface area contributed by atoms with Crippen LogP contribution in [0.15, 0.2) is 23.8 Å². The first-order valence-electron chi connectivity index (χ1n) is 7.19. The van der Waals surface area contributed by atoms with Crippen LogP contribution in [0, 0.1) is 5.41 Å². The molecular formula is C16H28O. The second-order valence-electron chi connectivity index (χ2n) is 5.65. The summed E-state index contributed by atoms with van der Waals surface area (Å²) in [6.45, 7) is 4.63. The lowest BCUT2D eigenvalue weighted by Crippen LogP contribution is -2.19. The van der Waals surface area contributed by atoms with E-state index in [0.29, 0.717) is 0 Å². The number of aliphatic hydroxyl groups is 1. The van der Waals surface area contributed by atoms with Gasteiger partial charge in [-0.3, -0.25) is 0 Å². The minimum Gasteiger partial charge on any atom is -0.395 e. The van der Waals surface area contributed by atoms with Crippen molar-refractivity contribution in [3.8, 4) is 0 Å². The average Bonchev–Trinajstić information content (AvgIpc) is 2.36. The maximum absolute atomic E-state index is 9.25. The zero-order chi connectivity index (χ0) is 12.6. The van der Waals surface area contributed by atoms with Gasteiger partial charge in [-0.1, -0.05) is 69.8 Å². The summed E-state index contributed by atoms with van der Waals surface area (Å²) in [6, 6.07) is 0. The molecule has 1 rings (SSSR count). The predicted octanol–water partition coefficient (Wildman–Crippen LogP) is 4.62. The van der Waals surface area contributed by atoms with Crippen LogP contribution in [0.1, 0.15) is 65.2 Å². The summed E-state index contributed by atoms with van der Waals surface area (Å²) in [5.41, 5.74) is 1.45. The number of aliphatic hydroxyl groups excluding tert-OH is 1. The molecule has 1 heteroatoms. The largest absolute Gasteiger partial charge is 0.395 e. The van der Waals surface area contributed by atoms with Crippen molar-refractivity contribution < 1.29 is 5.11 Å². The molecule has 1 aliphatic carbocycles. The van der Waals surface area contributed by atoms with Crippen LogP contribution in [0.4, 0.5) is 0 Å². The van der Waals surface area contributed by atoms with Gasteiger partial charge in [0.1, 0.15) is 0 Å². The monoisotopic (exact) mass is 236 g/mol. The fourth-order valence-electron chi connectivity index (χ4n) is 2.22. The molecule has 0 saturated carbocycles. The van der Waals surface area contributed by atoms with E-state index in [4.69, 9.17) is 0 Å². The van der Waals surface area contributed by atoms with E-state index < -0.39 is 0 Å². The van der Waals surface area contributed by atoms with E-state index in [0.717, 1.165) is 6.42 Å². The van der Waals surface area contributed by atoms with Crippen LogP contribution in [0.3, 0.4) is 0 Å².